The van der Waals surface area contributed by atoms with Crippen molar-refractivity contribution < 1.29 is 23.5 Å². The monoisotopic (exact) mass is 495 g/mol. The number of rotatable bonds is 7. The molecule has 4 aromatic rings. The number of nitrogens with zero attached hydrogens (tertiary/aromatic N) is 2. The summed E-state index contributed by atoms with van der Waals surface area (Å²) in [4.78, 5) is 30.6. The fourth-order valence-corrected chi connectivity index (χ4v) is 2.96. The van der Waals surface area contributed by atoms with Crippen molar-refractivity contribution in [2.45, 2.75) is 27.2 Å². The predicted octanol–water partition coefficient (Wildman–Crippen LogP) is 4.34. The summed E-state index contributed by atoms with van der Waals surface area (Å²) in [6, 6.07) is 11.5. The lowest BCUT2D eigenvalue weighted by Gasteiger charge is -2.07. The van der Waals surface area contributed by atoms with Crippen molar-refractivity contribution >= 4 is 34.2 Å². The fraction of sp³-hybridized carbons (Fsp3) is 0.231. The number of hydrogen-bond donors (Lipinski definition) is 4. The van der Waals surface area contributed by atoms with Gasteiger partial charge in [0.2, 0.25) is 5.76 Å². The molecule has 0 atom stereocenters. The maximum Gasteiger partial charge on any atom is 0.286 e. The Morgan fingerprint density at radius 1 is 1.14 bits per heavy atom. The molecule has 0 spiro atoms. The van der Waals surface area contributed by atoms with Crippen molar-refractivity contribution in [1.82, 2.24) is 15.3 Å². The van der Waals surface area contributed by atoms with Crippen LogP contribution in [0.25, 0.3) is 11.0 Å². The van der Waals surface area contributed by atoms with E-state index in [0.29, 0.717) is 35.3 Å². The number of carbonyl (C=O) groups excluding carboxylic acids is 2. The summed E-state index contributed by atoms with van der Waals surface area (Å²) in [5.74, 6) is -1.42. The smallest absolute Gasteiger partial charge is 0.286 e. The van der Waals surface area contributed by atoms with Gasteiger partial charge in [-0.25, -0.2) is 4.39 Å². The quantitative estimate of drug-likeness (QED) is 0.279. The van der Waals surface area contributed by atoms with Crippen molar-refractivity contribution in [3.63, 3.8) is 0 Å². The summed E-state index contributed by atoms with van der Waals surface area (Å²) < 4.78 is 19.3. The number of nitrogens with one attached hydrogen (secondary N) is 2. The van der Waals surface area contributed by atoms with E-state index in [4.69, 9.17) is 15.3 Å². The van der Waals surface area contributed by atoms with E-state index >= 15 is 0 Å². The lowest BCUT2D eigenvalue weighted by molar-refractivity contribution is 0.0944. The van der Waals surface area contributed by atoms with Crippen LogP contribution >= 0.6 is 0 Å². The molecule has 2 amide bonds. The number of aliphatic hydroxyl groups is 1. The summed E-state index contributed by atoms with van der Waals surface area (Å²) in [5, 5.41) is 14.5. The number of pyridine rings is 2. The standard InChI is InChI=1S/C15H12FN3O2.C9H12N2O2.C2H6/c1-8-2-3-11(10(16)6-8)19-13-9-7-18-5-4-12(9)21-14(13)15(17)20;12-7-3-6-11-9(13)8-4-1-2-5-10-8;1-2/h2-7,19H,1H3,(H2,17,20);1-2,4-5,12H,3,6-7H2,(H,11,13);1-2H3. The molecule has 0 aliphatic heterocycles. The number of amides is 2. The van der Waals surface area contributed by atoms with Gasteiger partial charge in [0.05, 0.1) is 11.1 Å². The molecule has 10 heteroatoms. The Bertz CT molecular complexity index is 1280. The van der Waals surface area contributed by atoms with E-state index in [2.05, 4.69) is 20.6 Å². The van der Waals surface area contributed by atoms with Gasteiger partial charge in [0, 0.05) is 31.7 Å². The van der Waals surface area contributed by atoms with E-state index in [1.165, 1.54) is 18.5 Å². The van der Waals surface area contributed by atoms with Crippen LogP contribution in [0.3, 0.4) is 0 Å². The van der Waals surface area contributed by atoms with Gasteiger partial charge in [-0.15, -0.1) is 0 Å². The number of carbonyl (C=O) groups is 2. The van der Waals surface area contributed by atoms with Gasteiger partial charge in [0.15, 0.2) is 0 Å². The van der Waals surface area contributed by atoms with E-state index in [0.717, 1.165) is 5.56 Å². The molecule has 0 unspecified atom stereocenters. The van der Waals surface area contributed by atoms with Crippen LogP contribution in [-0.4, -0.2) is 40.0 Å². The number of aromatic nitrogens is 2. The highest BCUT2D eigenvalue weighted by atomic mass is 19.1. The Labute approximate surface area is 208 Å². The maximum absolute atomic E-state index is 14.0. The minimum Gasteiger partial charge on any atom is -0.448 e. The van der Waals surface area contributed by atoms with Crippen LogP contribution in [0.1, 0.15) is 46.9 Å². The Kier molecular flexibility index (Phi) is 11.0. The maximum atomic E-state index is 14.0. The largest absolute Gasteiger partial charge is 0.448 e. The van der Waals surface area contributed by atoms with Crippen LogP contribution in [0.5, 0.6) is 0 Å². The Morgan fingerprint density at radius 3 is 2.56 bits per heavy atom. The van der Waals surface area contributed by atoms with E-state index in [9.17, 15) is 14.0 Å². The zero-order chi connectivity index (χ0) is 26.5. The number of primary amides is 1. The zero-order valence-electron chi connectivity index (χ0n) is 20.4. The predicted molar refractivity (Wildman–Crippen MR) is 137 cm³/mol. The molecule has 36 heavy (non-hydrogen) atoms. The second-order valence-electron chi connectivity index (χ2n) is 7.20. The van der Waals surface area contributed by atoms with Crippen LogP contribution < -0.4 is 16.4 Å². The van der Waals surface area contributed by atoms with Gasteiger partial charge in [0.25, 0.3) is 11.8 Å². The van der Waals surface area contributed by atoms with Gasteiger partial charge >= 0.3 is 0 Å². The summed E-state index contributed by atoms with van der Waals surface area (Å²) >= 11 is 0. The van der Waals surface area contributed by atoms with Crippen molar-refractivity contribution in [3.05, 3.63) is 83.9 Å². The number of nitrogens with two attached hydrogens (primary N) is 1. The van der Waals surface area contributed by atoms with Gasteiger partial charge in [0.1, 0.15) is 22.8 Å². The van der Waals surface area contributed by atoms with Crippen molar-refractivity contribution in [2.75, 3.05) is 18.5 Å². The van der Waals surface area contributed by atoms with E-state index in [-0.39, 0.29) is 24.0 Å². The molecule has 0 bridgehead atoms. The topological polar surface area (TPSA) is 143 Å². The van der Waals surface area contributed by atoms with Gasteiger partial charge in [-0.1, -0.05) is 26.0 Å². The Balaban J connectivity index is 0.000000262. The molecule has 4 rings (SSSR count). The zero-order valence-corrected chi connectivity index (χ0v) is 20.4. The molecule has 1 aromatic carbocycles. The van der Waals surface area contributed by atoms with Crippen LogP contribution in [0.15, 0.2) is 65.5 Å². The highest BCUT2D eigenvalue weighted by Crippen LogP contribution is 2.33. The Hall–Kier alpha value is -4.31. The molecule has 3 heterocycles. The van der Waals surface area contributed by atoms with Crippen molar-refractivity contribution in [3.8, 4) is 0 Å². The molecule has 0 saturated carbocycles. The van der Waals surface area contributed by atoms with Gasteiger partial charge in [-0.3, -0.25) is 19.6 Å². The number of halogens is 1. The first-order chi connectivity index (χ1) is 17.4. The van der Waals surface area contributed by atoms with Crippen LogP contribution in [0.2, 0.25) is 0 Å². The molecule has 9 nitrogen and oxygen atoms in total. The number of furan rings is 1. The van der Waals surface area contributed by atoms with Gasteiger partial charge in [-0.2, -0.15) is 0 Å². The second-order valence-corrected chi connectivity index (χ2v) is 7.20. The molecule has 5 N–H and O–H groups in total. The molecule has 0 aliphatic carbocycles. The second kappa shape index (κ2) is 14.2. The summed E-state index contributed by atoms with van der Waals surface area (Å²) in [6.07, 6.45) is 5.20. The first-order valence-corrected chi connectivity index (χ1v) is 11.4. The van der Waals surface area contributed by atoms with Gasteiger partial charge in [-0.05, 0) is 49.2 Å². The minimum absolute atomic E-state index is 0.0574. The molecule has 0 aliphatic rings. The third-order valence-electron chi connectivity index (χ3n) is 4.62. The highest BCUT2D eigenvalue weighted by molar-refractivity contribution is 6.06. The third kappa shape index (κ3) is 7.60. The molecule has 3 aromatic heterocycles. The minimum atomic E-state index is -0.735. The molecular formula is C26H30FN5O4. The van der Waals surface area contributed by atoms with E-state index in [1.807, 2.05) is 13.8 Å². The Morgan fingerprint density at radius 2 is 1.92 bits per heavy atom. The molecular weight excluding hydrogens is 465 g/mol. The first kappa shape index (κ1) is 27.9. The van der Waals surface area contributed by atoms with Crippen LogP contribution in [-0.2, 0) is 0 Å². The lowest BCUT2D eigenvalue weighted by Crippen LogP contribution is -2.25. The van der Waals surface area contributed by atoms with Gasteiger partial charge < -0.3 is 25.9 Å². The number of aryl methyl sites for hydroxylation is 1. The fourth-order valence-electron chi connectivity index (χ4n) is 2.96. The molecule has 190 valence electrons. The van der Waals surface area contributed by atoms with Crippen molar-refractivity contribution in [1.29, 1.82) is 0 Å². The number of benzene rings is 1. The summed E-state index contributed by atoms with van der Waals surface area (Å²) in [6.45, 7) is 6.35. The lowest BCUT2D eigenvalue weighted by atomic mass is 10.2. The first-order valence-electron chi connectivity index (χ1n) is 11.4. The number of hydrogen-bond acceptors (Lipinski definition) is 7. The van der Waals surface area contributed by atoms with Crippen LogP contribution in [0, 0.1) is 12.7 Å². The number of anilines is 2. The summed E-state index contributed by atoms with van der Waals surface area (Å²) in [7, 11) is 0. The molecule has 0 radical (unpaired) electrons. The van der Waals surface area contributed by atoms with Crippen molar-refractivity contribution in [2.24, 2.45) is 5.73 Å². The average Bonchev–Trinajstić information content (AvgIpc) is 3.27. The number of fused-ring (bicyclic) bond motifs is 1. The van der Waals surface area contributed by atoms with Crippen LogP contribution in [0.4, 0.5) is 15.8 Å². The highest BCUT2D eigenvalue weighted by Gasteiger charge is 2.19. The number of aliphatic hydroxyl groups excluding tert-OH is 1. The third-order valence-corrected chi connectivity index (χ3v) is 4.62. The normalized spacial score (nSPS) is 9.92. The average molecular weight is 496 g/mol. The van der Waals surface area contributed by atoms with E-state index in [1.54, 1.807) is 49.5 Å². The van der Waals surface area contributed by atoms with E-state index < -0.39 is 11.7 Å². The summed E-state index contributed by atoms with van der Waals surface area (Å²) in [5.41, 5.74) is 7.51. The molecule has 0 fully saturated rings. The SMILES string of the molecule is CC.Cc1ccc(Nc2c(C(N)=O)oc3ccncc23)c(F)c1.O=C(NCCCO)c1ccccn1. The molecule has 0 saturated heterocycles.